The second-order valence-corrected chi connectivity index (χ2v) is 6.29. The molecule has 6 rings (SSSR count). The monoisotopic (exact) mass is 291 g/mol. The Hall–Kier alpha value is -3.06. The van der Waals surface area contributed by atoms with Crippen LogP contribution in [0, 0.1) is 0 Å². The Labute approximate surface area is 133 Å². The van der Waals surface area contributed by atoms with E-state index in [0.29, 0.717) is 0 Å². The van der Waals surface area contributed by atoms with Crippen molar-refractivity contribution in [2.75, 3.05) is 0 Å². The van der Waals surface area contributed by atoms with E-state index in [1.165, 1.54) is 54.8 Å². The van der Waals surface area contributed by atoms with Gasteiger partial charge in [-0.25, -0.2) is 0 Å². The van der Waals surface area contributed by atoms with Gasteiger partial charge in [0.15, 0.2) is 0 Å². The minimum absolute atomic E-state index is 1.22. The molecule has 1 heterocycles. The second-order valence-electron chi connectivity index (χ2n) is 6.29. The topological polar surface area (TPSA) is 15.8 Å². The molecule has 4 aromatic carbocycles. The summed E-state index contributed by atoms with van der Waals surface area (Å²) in [5.41, 5.74) is 7.76. The van der Waals surface area contributed by atoms with Crippen molar-refractivity contribution in [2.45, 2.75) is 0 Å². The molecule has 0 amide bonds. The van der Waals surface area contributed by atoms with Gasteiger partial charge in [-0.1, -0.05) is 60.7 Å². The van der Waals surface area contributed by atoms with E-state index in [-0.39, 0.29) is 0 Å². The van der Waals surface area contributed by atoms with Crippen LogP contribution in [-0.2, 0) is 0 Å². The van der Waals surface area contributed by atoms with E-state index >= 15 is 0 Å². The first-order valence-electron chi connectivity index (χ1n) is 7.98. The highest BCUT2D eigenvalue weighted by Crippen LogP contribution is 2.47. The molecule has 1 N–H and O–H groups in total. The minimum Gasteiger partial charge on any atom is -0.354 e. The highest BCUT2D eigenvalue weighted by Gasteiger charge is 2.21. The summed E-state index contributed by atoms with van der Waals surface area (Å²) in [6.45, 7) is 0. The van der Waals surface area contributed by atoms with Gasteiger partial charge >= 0.3 is 0 Å². The van der Waals surface area contributed by atoms with Gasteiger partial charge in [-0.05, 0) is 45.2 Å². The maximum absolute atomic E-state index is 3.59. The maximum atomic E-state index is 3.59. The summed E-state index contributed by atoms with van der Waals surface area (Å²) in [7, 11) is 0. The third kappa shape index (κ3) is 1.29. The largest absolute Gasteiger partial charge is 0.354 e. The zero-order valence-electron chi connectivity index (χ0n) is 12.4. The van der Waals surface area contributed by atoms with Crippen LogP contribution in [0.15, 0.2) is 72.8 Å². The lowest BCUT2D eigenvalue weighted by Crippen LogP contribution is -1.84. The van der Waals surface area contributed by atoms with Crippen LogP contribution in [0.2, 0.25) is 0 Å². The zero-order valence-corrected chi connectivity index (χ0v) is 12.4. The molecule has 1 heteroatoms. The number of hydrogen-bond donors (Lipinski definition) is 1. The lowest BCUT2D eigenvalue weighted by Gasteiger charge is -2.10. The molecule has 0 saturated carbocycles. The van der Waals surface area contributed by atoms with E-state index in [4.69, 9.17) is 0 Å². The van der Waals surface area contributed by atoms with E-state index in [1.807, 2.05) is 0 Å². The number of aromatic amines is 1. The molecular formula is C22H13N. The number of hydrogen-bond acceptors (Lipinski definition) is 0. The van der Waals surface area contributed by atoms with Crippen LogP contribution in [-0.4, -0.2) is 4.98 Å². The highest BCUT2D eigenvalue weighted by molar-refractivity contribution is 6.26. The van der Waals surface area contributed by atoms with Crippen LogP contribution in [0.1, 0.15) is 0 Å². The summed E-state index contributed by atoms with van der Waals surface area (Å²) in [4.78, 5) is 3.59. The Morgan fingerprint density at radius 3 is 1.39 bits per heavy atom. The Morgan fingerprint density at radius 2 is 0.870 bits per heavy atom. The molecule has 0 aliphatic heterocycles. The van der Waals surface area contributed by atoms with Crippen molar-refractivity contribution in [3.63, 3.8) is 0 Å². The lowest BCUT2D eigenvalue weighted by molar-refractivity contribution is 1.54. The minimum atomic E-state index is 1.22. The van der Waals surface area contributed by atoms with Crippen LogP contribution in [0.4, 0.5) is 0 Å². The SMILES string of the molecule is c1cc2c3c(cccc3c1)-c1cccc3[nH]c4cccc-2c4c13. The van der Waals surface area contributed by atoms with Crippen molar-refractivity contribution in [1.82, 2.24) is 4.98 Å². The van der Waals surface area contributed by atoms with Crippen molar-refractivity contribution in [1.29, 1.82) is 0 Å². The molecule has 0 atom stereocenters. The van der Waals surface area contributed by atoms with Crippen LogP contribution in [0.25, 0.3) is 54.8 Å². The molecule has 0 unspecified atom stereocenters. The fourth-order valence-corrected chi connectivity index (χ4v) is 4.24. The molecule has 0 saturated heterocycles. The molecule has 0 bridgehead atoms. The Balaban J connectivity index is 2.06. The van der Waals surface area contributed by atoms with Crippen molar-refractivity contribution < 1.29 is 0 Å². The third-order valence-electron chi connectivity index (χ3n) is 5.13. The van der Waals surface area contributed by atoms with E-state index in [1.54, 1.807) is 0 Å². The van der Waals surface area contributed by atoms with Crippen LogP contribution in [0.5, 0.6) is 0 Å². The predicted octanol–water partition coefficient (Wildman–Crippen LogP) is 6.12. The van der Waals surface area contributed by atoms with E-state index in [0.717, 1.165) is 0 Å². The number of aromatic nitrogens is 1. The van der Waals surface area contributed by atoms with Gasteiger partial charge in [-0.2, -0.15) is 0 Å². The third-order valence-corrected chi connectivity index (χ3v) is 5.13. The Bertz CT molecular complexity index is 1160. The van der Waals surface area contributed by atoms with E-state index < -0.39 is 0 Å². The van der Waals surface area contributed by atoms with Gasteiger partial charge < -0.3 is 4.98 Å². The molecule has 23 heavy (non-hydrogen) atoms. The van der Waals surface area contributed by atoms with Gasteiger partial charge in [0.25, 0.3) is 0 Å². The van der Waals surface area contributed by atoms with Crippen molar-refractivity contribution >= 4 is 32.6 Å². The van der Waals surface area contributed by atoms with Gasteiger partial charge in [0.2, 0.25) is 0 Å². The molecule has 0 fully saturated rings. The smallest absolute Gasteiger partial charge is 0.0471 e. The maximum Gasteiger partial charge on any atom is 0.0471 e. The number of fused-ring (bicyclic) bond motifs is 2. The molecule has 1 aliphatic rings. The van der Waals surface area contributed by atoms with Crippen molar-refractivity contribution in [2.24, 2.45) is 0 Å². The number of benzene rings is 4. The second kappa shape index (κ2) is 3.82. The average molecular weight is 291 g/mol. The Kier molecular flexibility index (Phi) is 1.91. The van der Waals surface area contributed by atoms with Gasteiger partial charge in [0.1, 0.15) is 0 Å². The summed E-state index contributed by atoms with van der Waals surface area (Å²) in [6, 6.07) is 26.4. The number of H-pyrrole nitrogens is 1. The molecule has 1 aromatic heterocycles. The molecule has 0 radical (unpaired) electrons. The first-order valence-corrected chi connectivity index (χ1v) is 7.98. The molecule has 1 aliphatic carbocycles. The van der Waals surface area contributed by atoms with Crippen molar-refractivity contribution in [3.8, 4) is 22.3 Å². The van der Waals surface area contributed by atoms with Gasteiger partial charge in [0.05, 0.1) is 0 Å². The van der Waals surface area contributed by atoms with E-state index in [9.17, 15) is 0 Å². The summed E-state index contributed by atoms with van der Waals surface area (Å²) >= 11 is 0. The summed E-state index contributed by atoms with van der Waals surface area (Å²) in [5.74, 6) is 0. The van der Waals surface area contributed by atoms with E-state index in [2.05, 4.69) is 77.8 Å². The van der Waals surface area contributed by atoms with Gasteiger partial charge in [-0.3, -0.25) is 0 Å². The summed E-state index contributed by atoms with van der Waals surface area (Å²) in [5, 5.41) is 5.37. The van der Waals surface area contributed by atoms with Gasteiger partial charge in [-0.15, -0.1) is 0 Å². The van der Waals surface area contributed by atoms with Gasteiger partial charge in [0, 0.05) is 21.8 Å². The molecule has 0 spiro atoms. The first kappa shape index (κ1) is 11.5. The standard InChI is InChI=1S/C22H13N/c1-5-13-6-2-8-15-17-10-4-12-19-22(17)21-16(14(7-1)20(13)15)9-3-11-18(21)23-19/h1-12,23H. The lowest BCUT2D eigenvalue weighted by atomic mass is 9.93. The summed E-state index contributed by atoms with van der Waals surface area (Å²) < 4.78 is 0. The van der Waals surface area contributed by atoms with Crippen LogP contribution in [0.3, 0.4) is 0 Å². The quantitative estimate of drug-likeness (QED) is 0.347. The molecular weight excluding hydrogens is 278 g/mol. The number of rotatable bonds is 0. The highest BCUT2D eigenvalue weighted by atomic mass is 14.7. The number of nitrogens with one attached hydrogen (secondary N) is 1. The normalized spacial score (nSPS) is 12.3. The molecule has 5 aromatic rings. The van der Waals surface area contributed by atoms with Crippen molar-refractivity contribution in [3.05, 3.63) is 72.8 Å². The fraction of sp³-hybridized carbons (Fsp3) is 0. The van der Waals surface area contributed by atoms with Crippen LogP contribution < -0.4 is 0 Å². The molecule has 106 valence electrons. The summed E-state index contributed by atoms with van der Waals surface area (Å²) in [6.07, 6.45) is 0. The van der Waals surface area contributed by atoms with Crippen LogP contribution >= 0.6 is 0 Å². The first-order chi connectivity index (χ1) is 11.4. The Morgan fingerprint density at radius 1 is 0.435 bits per heavy atom. The fourth-order valence-electron chi connectivity index (χ4n) is 4.24. The predicted molar refractivity (Wildman–Crippen MR) is 97.7 cm³/mol. The average Bonchev–Trinajstić information content (AvgIpc) is 2.93. The zero-order chi connectivity index (χ0) is 15.0. The molecule has 1 nitrogen and oxygen atoms in total.